The van der Waals surface area contributed by atoms with E-state index in [-0.39, 0.29) is 11.8 Å². The Kier molecular flexibility index (Phi) is 6.80. The smallest absolute Gasteiger partial charge is 0.269 e. The van der Waals surface area contributed by atoms with Gasteiger partial charge >= 0.3 is 0 Å². The van der Waals surface area contributed by atoms with Crippen molar-refractivity contribution in [1.82, 2.24) is 15.6 Å². The number of aryl methyl sites for hydroxylation is 2. The second-order valence-corrected chi connectivity index (χ2v) is 7.01. The minimum Gasteiger partial charge on any atom is -0.457 e. The van der Waals surface area contributed by atoms with Crippen molar-refractivity contribution in [3.05, 3.63) is 88.7 Å². The highest BCUT2D eigenvalue weighted by Crippen LogP contribution is 2.22. The molecule has 0 aliphatic rings. The number of nitrogens with zero attached hydrogens (tertiary/aromatic N) is 1. The van der Waals surface area contributed by atoms with Crippen LogP contribution in [0.15, 0.2) is 60.8 Å². The van der Waals surface area contributed by atoms with Crippen LogP contribution in [-0.2, 0) is 6.42 Å². The van der Waals surface area contributed by atoms with Crippen molar-refractivity contribution in [3.8, 4) is 11.5 Å². The fraction of sp³-hybridized carbons (Fsp3) is 0.208. The van der Waals surface area contributed by atoms with Gasteiger partial charge in [-0.05, 0) is 67.3 Å². The third-order valence-electron chi connectivity index (χ3n) is 4.79. The Morgan fingerprint density at radius 1 is 0.933 bits per heavy atom. The van der Waals surface area contributed by atoms with Gasteiger partial charge in [0.2, 0.25) is 0 Å². The maximum Gasteiger partial charge on any atom is 0.269 e. The lowest BCUT2D eigenvalue weighted by Gasteiger charge is -2.10. The van der Waals surface area contributed by atoms with Crippen LogP contribution in [0.5, 0.6) is 11.5 Å². The molecule has 0 atom stereocenters. The minimum atomic E-state index is -0.270. The van der Waals surface area contributed by atoms with Crippen LogP contribution in [0.25, 0.3) is 0 Å². The average Bonchev–Trinajstić information content (AvgIpc) is 2.75. The Labute approximate surface area is 176 Å². The Morgan fingerprint density at radius 3 is 2.50 bits per heavy atom. The van der Waals surface area contributed by atoms with E-state index in [0.717, 1.165) is 11.1 Å². The van der Waals surface area contributed by atoms with Crippen LogP contribution in [0.3, 0.4) is 0 Å². The molecule has 2 N–H and O–H groups in total. The number of ether oxygens (including phenoxy) is 1. The number of hydrogen-bond donors (Lipinski definition) is 2. The molecule has 2 aromatic carbocycles. The lowest BCUT2D eigenvalue weighted by molar-refractivity contribution is 0.0947. The number of amides is 2. The van der Waals surface area contributed by atoms with Gasteiger partial charge in [0, 0.05) is 31.4 Å². The molecule has 0 bridgehead atoms. The van der Waals surface area contributed by atoms with Crippen molar-refractivity contribution in [1.29, 1.82) is 0 Å². The van der Waals surface area contributed by atoms with E-state index in [1.807, 2.05) is 56.3 Å². The number of aromatic nitrogens is 1. The summed E-state index contributed by atoms with van der Waals surface area (Å²) in [5, 5.41) is 5.50. The molecule has 0 saturated heterocycles. The van der Waals surface area contributed by atoms with Gasteiger partial charge in [-0.1, -0.05) is 18.2 Å². The molecule has 6 nitrogen and oxygen atoms in total. The average molecular weight is 403 g/mol. The molecule has 1 heterocycles. The van der Waals surface area contributed by atoms with E-state index in [1.54, 1.807) is 19.2 Å². The third-order valence-corrected chi connectivity index (χ3v) is 4.79. The zero-order chi connectivity index (χ0) is 21.5. The summed E-state index contributed by atoms with van der Waals surface area (Å²) >= 11 is 0. The van der Waals surface area contributed by atoms with Crippen LogP contribution in [0.2, 0.25) is 0 Å². The zero-order valence-electron chi connectivity index (χ0n) is 17.4. The van der Waals surface area contributed by atoms with Gasteiger partial charge in [0.15, 0.2) is 0 Å². The Balaban J connectivity index is 1.58. The predicted molar refractivity (Wildman–Crippen MR) is 116 cm³/mol. The van der Waals surface area contributed by atoms with E-state index >= 15 is 0 Å². The molecule has 1 aromatic heterocycles. The number of hydrogen-bond acceptors (Lipinski definition) is 4. The number of benzene rings is 2. The Morgan fingerprint density at radius 2 is 1.73 bits per heavy atom. The molecule has 0 saturated carbocycles. The molecular formula is C24H25N3O3. The molecule has 0 unspecified atom stereocenters. The summed E-state index contributed by atoms with van der Waals surface area (Å²) in [6.07, 6.45) is 2.21. The van der Waals surface area contributed by atoms with E-state index in [0.29, 0.717) is 35.7 Å². The Hall–Kier alpha value is -3.67. The van der Waals surface area contributed by atoms with Crippen molar-refractivity contribution >= 4 is 11.8 Å². The SMILES string of the molecule is CNC(=O)c1cc(Oc2cccc(CCNC(=O)c3ccc(C)c(C)c3)c2)ccn1. The summed E-state index contributed by atoms with van der Waals surface area (Å²) < 4.78 is 5.87. The maximum absolute atomic E-state index is 12.3. The first-order valence-electron chi connectivity index (χ1n) is 9.76. The van der Waals surface area contributed by atoms with E-state index in [2.05, 4.69) is 15.6 Å². The highest BCUT2D eigenvalue weighted by atomic mass is 16.5. The van der Waals surface area contributed by atoms with E-state index in [4.69, 9.17) is 4.74 Å². The fourth-order valence-electron chi connectivity index (χ4n) is 2.93. The largest absolute Gasteiger partial charge is 0.457 e. The highest BCUT2D eigenvalue weighted by molar-refractivity contribution is 5.94. The summed E-state index contributed by atoms with van der Waals surface area (Å²) in [5.74, 6) is 0.837. The van der Waals surface area contributed by atoms with Gasteiger partial charge in [0.1, 0.15) is 17.2 Å². The second kappa shape index (κ2) is 9.69. The molecular weight excluding hydrogens is 378 g/mol. The molecule has 6 heteroatoms. The van der Waals surface area contributed by atoms with Gasteiger partial charge < -0.3 is 15.4 Å². The summed E-state index contributed by atoms with van der Waals surface area (Å²) in [6.45, 7) is 4.54. The second-order valence-electron chi connectivity index (χ2n) is 7.01. The van der Waals surface area contributed by atoms with Gasteiger partial charge in [-0.15, -0.1) is 0 Å². The Bertz CT molecular complexity index is 1060. The lowest BCUT2D eigenvalue weighted by atomic mass is 10.1. The predicted octanol–water partition coefficient (Wildman–Crippen LogP) is 3.82. The lowest BCUT2D eigenvalue weighted by Crippen LogP contribution is -2.25. The minimum absolute atomic E-state index is 0.0796. The normalized spacial score (nSPS) is 10.4. The van der Waals surface area contributed by atoms with Crippen LogP contribution in [0.4, 0.5) is 0 Å². The molecule has 0 aliphatic heterocycles. The van der Waals surface area contributed by atoms with Crippen LogP contribution < -0.4 is 15.4 Å². The number of carbonyl (C=O) groups excluding carboxylic acids is 2. The summed E-state index contributed by atoms with van der Waals surface area (Å²) in [7, 11) is 1.56. The molecule has 154 valence electrons. The van der Waals surface area contributed by atoms with Crippen LogP contribution in [0, 0.1) is 13.8 Å². The van der Waals surface area contributed by atoms with Crippen molar-refractivity contribution in [3.63, 3.8) is 0 Å². The van der Waals surface area contributed by atoms with E-state index in [9.17, 15) is 9.59 Å². The van der Waals surface area contributed by atoms with Gasteiger partial charge in [-0.2, -0.15) is 0 Å². The highest BCUT2D eigenvalue weighted by Gasteiger charge is 2.08. The third kappa shape index (κ3) is 5.44. The topological polar surface area (TPSA) is 80.3 Å². The number of carbonyl (C=O) groups is 2. The van der Waals surface area contributed by atoms with Crippen LogP contribution >= 0.6 is 0 Å². The molecule has 2 amide bonds. The molecule has 30 heavy (non-hydrogen) atoms. The maximum atomic E-state index is 12.3. The van der Waals surface area contributed by atoms with Crippen LogP contribution in [0.1, 0.15) is 37.5 Å². The standard InChI is InChI=1S/C24H25N3O3/c1-16-7-8-19(13-17(16)2)23(28)27-11-9-18-5-4-6-20(14-18)30-21-10-12-26-22(15-21)24(29)25-3/h4-8,10,12-15H,9,11H2,1-3H3,(H,25,29)(H,27,28). The first kappa shape index (κ1) is 21.0. The number of rotatable bonds is 7. The van der Waals surface area contributed by atoms with Crippen molar-refractivity contribution in [2.24, 2.45) is 0 Å². The van der Waals surface area contributed by atoms with Crippen molar-refractivity contribution < 1.29 is 14.3 Å². The van der Waals surface area contributed by atoms with Gasteiger partial charge in [0.05, 0.1) is 0 Å². The van der Waals surface area contributed by atoms with Gasteiger partial charge in [0.25, 0.3) is 11.8 Å². The first-order valence-corrected chi connectivity index (χ1v) is 9.76. The molecule has 0 aliphatic carbocycles. The first-order chi connectivity index (χ1) is 14.5. The van der Waals surface area contributed by atoms with Crippen molar-refractivity contribution in [2.45, 2.75) is 20.3 Å². The number of pyridine rings is 1. The molecule has 0 radical (unpaired) electrons. The quantitative estimate of drug-likeness (QED) is 0.628. The summed E-state index contributed by atoms with van der Waals surface area (Å²) in [6, 6.07) is 16.6. The van der Waals surface area contributed by atoms with Crippen LogP contribution in [-0.4, -0.2) is 30.4 Å². The molecule has 0 spiro atoms. The monoisotopic (exact) mass is 403 g/mol. The summed E-state index contributed by atoms with van der Waals surface area (Å²) in [5.41, 5.74) is 4.26. The van der Waals surface area contributed by atoms with Gasteiger partial charge in [-0.3, -0.25) is 14.6 Å². The van der Waals surface area contributed by atoms with Crippen molar-refractivity contribution in [2.75, 3.05) is 13.6 Å². The van der Waals surface area contributed by atoms with E-state index in [1.165, 1.54) is 11.8 Å². The fourth-order valence-corrected chi connectivity index (χ4v) is 2.93. The number of nitrogens with one attached hydrogen (secondary N) is 2. The zero-order valence-corrected chi connectivity index (χ0v) is 17.4. The summed E-state index contributed by atoms with van der Waals surface area (Å²) in [4.78, 5) is 28.1. The molecule has 0 fully saturated rings. The van der Waals surface area contributed by atoms with Gasteiger partial charge in [-0.25, -0.2) is 0 Å². The van der Waals surface area contributed by atoms with E-state index < -0.39 is 0 Å². The molecule has 3 rings (SSSR count). The molecule has 3 aromatic rings.